The van der Waals surface area contributed by atoms with Gasteiger partial charge in [0.2, 0.25) is 0 Å². The molecule has 0 spiro atoms. The highest BCUT2D eigenvalue weighted by atomic mass is 16.5. The molecule has 7 nitrogen and oxygen atoms in total. The predicted octanol–water partition coefficient (Wildman–Crippen LogP) is 3.83. The van der Waals surface area contributed by atoms with Gasteiger partial charge in [0, 0.05) is 37.7 Å². The molecule has 0 aromatic heterocycles. The van der Waals surface area contributed by atoms with Crippen LogP contribution >= 0.6 is 0 Å². The highest BCUT2D eigenvalue weighted by Gasteiger charge is 2.10. The maximum atomic E-state index is 10.2. The Labute approximate surface area is 185 Å². The van der Waals surface area contributed by atoms with Gasteiger partial charge in [-0.15, -0.1) is 0 Å². The monoisotopic (exact) mass is 431 g/mol. The van der Waals surface area contributed by atoms with Crippen molar-refractivity contribution in [3.63, 3.8) is 0 Å². The van der Waals surface area contributed by atoms with Crippen molar-refractivity contribution in [3.05, 3.63) is 48.5 Å². The second kappa shape index (κ2) is 14.6. The molecule has 5 N–H and O–H groups in total. The smallest absolute Gasteiger partial charge is 0.0945 e. The van der Waals surface area contributed by atoms with Crippen LogP contribution in [0.1, 0.15) is 26.7 Å². The third-order valence-corrected chi connectivity index (χ3v) is 4.46. The van der Waals surface area contributed by atoms with Crippen LogP contribution < -0.4 is 16.0 Å². The number of benzene rings is 2. The van der Waals surface area contributed by atoms with E-state index in [1.54, 1.807) is 0 Å². The van der Waals surface area contributed by atoms with Crippen molar-refractivity contribution in [2.75, 3.05) is 55.5 Å². The molecular weight excluding hydrogens is 394 g/mol. The van der Waals surface area contributed by atoms with Gasteiger partial charge >= 0.3 is 0 Å². The number of hydrogen-bond acceptors (Lipinski definition) is 7. The Balaban J connectivity index is 2.01. The van der Waals surface area contributed by atoms with Gasteiger partial charge in [0.05, 0.1) is 36.8 Å². The number of ether oxygens (including phenoxy) is 2. The van der Waals surface area contributed by atoms with Gasteiger partial charge in [0.1, 0.15) is 0 Å². The quantitative estimate of drug-likeness (QED) is 0.258. The summed E-state index contributed by atoms with van der Waals surface area (Å²) >= 11 is 0. The van der Waals surface area contributed by atoms with Gasteiger partial charge in [-0.2, -0.15) is 0 Å². The van der Waals surface area contributed by atoms with E-state index in [0.29, 0.717) is 39.5 Å². The summed E-state index contributed by atoms with van der Waals surface area (Å²) in [6, 6.07) is 15.8. The first-order chi connectivity index (χ1) is 15.1. The molecular formula is C24H37N3O4. The minimum atomic E-state index is -0.613. The fraction of sp³-hybridized carbons (Fsp3) is 0.500. The average molecular weight is 432 g/mol. The molecule has 172 valence electrons. The number of anilines is 4. The fourth-order valence-electron chi connectivity index (χ4n) is 2.91. The van der Waals surface area contributed by atoms with Crippen molar-refractivity contribution in [2.24, 2.45) is 0 Å². The average Bonchev–Trinajstić information content (AvgIpc) is 2.78. The van der Waals surface area contributed by atoms with Crippen LogP contribution in [0, 0.1) is 0 Å². The molecule has 0 saturated carbocycles. The summed E-state index contributed by atoms with van der Waals surface area (Å²) in [5.74, 6) is 0. The minimum Gasteiger partial charge on any atom is -0.389 e. The molecule has 0 fully saturated rings. The summed E-state index contributed by atoms with van der Waals surface area (Å²) in [6.45, 7) is 6.66. The van der Waals surface area contributed by atoms with E-state index in [-0.39, 0.29) is 0 Å². The van der Waals surface area contributed by atoms with Gasteiger partial charge in [0.25, 0.3) is 0 Å². The number of para-hydroxylation sites is 1. The molecule has 0 radical (unpaired) electrons. The number of hydrogen-bond donors (Lipinski definition) is 5. The molecule has 2 rings (SSSR count). The molecule has 2 unspecified atom stereocenters. The van der Waals surface area contributed by atoms with E-state index in [0.717, 1.165) is 35.6 Å². The van der Waals surface area contributed by atoms with Crippen molar-refractivity contribution >= 4 is 22.7 Å². The van der Waals surface area contributed by atoms with Gasteiger partial charge in [-0.1, -0.05) is 32.0 Å². The first kappa shape index (κ1) is 24.9. The van der Waals surface area contributed by atoms with Crippen LogP contribution in [-0.2, 0) is 9.47 Å². The van der Waals surface area contributed by atoms with E-state index in [1.165, 1.54) is 0 Å². The van der Waals surface area contributed by atoms with E-state index < -0.39 is 12.2 Å². The summed E-state index contributed by atoms with van der Waals surface area (Å²) < 4.78 is 10.8. The largest absolute Gasteiger partial charge is 0.389 e. The van der Waals surface area contributed by atoms with Crippen LogP contribution in [0.4, 0.5) is 22.7 Å². The summed E-state index contributed by atoms with van der Waals surface area (Å²) in [5, 5.41) is 30.3. The zero-order valence-electron chi connectivity index (χ0n) is 18.6. The highest BCUT2D eigenvalue weighted by molar-refractivity contribution is 5.76. The van der Waals surface area contributed by atoms with Crippen molar-refractivity contribution in [3.8, 4) is 0 Å². The topological polar surface area (TPSA) is 95.0 Å². The molecule has 0 saturated heterocycles. The SMILES string of the molecule is CCCOCC(O)CNc1ccc(Nc2ccccc2)cc1NCC(O)COCCC. The van der Waals surface area contributed by atoms with Crippen molar-refractivity contribution < 1.29 is 19.7 Å². The second-order valence-corrected chi connectivity index (χ2v) is 7.47. The lowest BCUT2D eigenvalue weighted by Gasteiger charge is -2.19. The molecule has 0 aliphatic carbocycles. The van der Waals surface area contributed by atoms with E-state index in [9.17, 15) is 10.2 Å². The Kier molecular flexibility index (Phi) is 11.8. The van der Waals surface area contributed by atoms with Gasteiger partial charge < -0.3 is 35.6 Å². The zero-order chi connectivity index (χ0) is 22.3. The maximum Gasteiger partial charge on any atom is 0.0945 e. The molecule has 2 aromatic carbocycles. The molecule has 2 aromatic rings. The molecule has 0 aliphatic rings. The second-order valence-electron chi connectivity index (χ2n) is 7.47. The van der Waals surface area contributed by atoms with Crippen molar-refractivity contribution in [1.82, 2.24) is 0 Å². The number of aliphatic hydroxyl groups excluding tert-OH is 2. The van der Waals surface area contributed by atoms with Crippen LogP contribution in [0.5, 0.6) is 0 Å². The van der Waals surface area contributed by atoms with Crippen molar-refractivity contribution in [1.29, 1.82) is 0 Å². The Hall–Kier alpha value is -2.32. The molecule has 0 heterocycles. The van der Waals surface area contributed by atoms with Crippen molar-refractivity contribution in [2.45, 2.75) is 38.9 Å². The predicted molar refractivity (Wildman–Crippen MR) is 127 cm³/mol. The fourth-order valence-corrected chi connectivity index (χ4v) is 2.91. The third-order valence-electron chi connectivity index (χ3n) is 4.46. The normalized spacial score (nSPS) is 12.9. The molecule has 31 heavy (non-hydrogen) atoms. The molecule has 0 bridgehead atoms. The third kappa shape index (κ3) is 10.0. The summed E-state index contributed by atoms with van der Waals surface area (Å²) in [7, 11) is 0. The van der Waals surface area contributed by atoms with Crippen LogP contribution in [-0.4, -0.2) is 61.9 Å². The highest BCUT2D eigenvalue weighted by Crippen LogP contribution is 2.28. The van der Waals surface area contributed by atoms with Gasteiger partial charge in [-0.05, 0) is 43.2 Å². The first-order valence-electron chi connectivity index (χ1n) is 11.1. The number of nitrogens with one attached hydrogen (secondary N) is 3. The van der Waals surface area contributed by atoms with Gasteiger partial charge in [-0.3, -0.25) is 0 Å². The van der Waals surface area contributed by atoms with Crippen LogP contribution in [0.15, 0.2) is 48.5 Å². The summed E-state index contributed by atoms with van der Waals surface area (Å²) in [4.78, 5) is 0. The molecule has 7 heteroatoms. The lowest BCUT2D eigenvalue weighted by atomic mass is 10.2. The summed E-state index contributed by atoms with van der Waals surface area (Å²) in [6.07, 6.45) is 0.632. The first-order valence-corrected chi connectivity index (χ1v) is 11.1. The van der Waals surface area contributed by atoms with Crippen LogP contribution in [0.3, 0.4) is 0 Å². The van der Waals surface area contributed by atoms with E-state index in [2.05, 4.69) is 16.0 Å². The van der Waals surface area contributed by atoms with Gasteiger partial charge in [0.15, 0.2) is 0 Å². The summed E-state index contributed by atoms with van der Waals surface area (Å²) in [5.41, 5.74) is 3.58. The van der Waals surface area contributed by atoms with E-state index >= 15 is 0 Å². The van der Waals surface area contributed by atoms with E-state index in [4.69, 9.17) is 9.47 Å². The Morgan fingerprint density at radius 1 is 0.742 bits per heavy atom. The lowest BCUT2D eigenvalue weighted by Crippen LogP contribution is -2.27. The van der Waals surface area contributed by atoms with Crippen LogP contribution in [0.2, 0.25) is 0 Å². The Morgan fingerprint density at radius 2 is 1.32 bits per heavy atom. The zero-order valence-corrected chi connectivity index (χ0v) is 18.6. The molecule has 2 atom stereocenters. The Morgan fingerprint density at radius 3 is 1.90 bits per heavy atom. The van der Waals surface area contributed by atoms with Crippen LogP contribution in [0.25, 0.3) is 0 Å². The molecule has 0 amide bonds. The number of aliphatic hydroxyl groups is 2. The number of rotatable bonds is 16. The van der Waals surface area contributed by atoms with Gasteiger partial charge in [-0.25, -0.2) is 0 Å². The molecule has 0 aliphatic heterocycles. The maximum absolute atomic E-state index is 10.2. The minimum absolute atomic E-state index is 0.291. The van der Waals surface area contributed by atoms with E-state index in [1.807, 2.05) is 62.4 Å². The standard InChI is InChI=1S/C24H37N3O4/c1-3-12-30-17-21(28)15-25-23-11-10-20(27-19-8-6-5-7-9-19)14-24(23)26-16-22(29)18-31-13-4-2/h5-11,14,21-22,25-29H,3-4,12-13,15-18H2,1-2H3. The Bertz CT molecular complexity index is 730. The lowest BCUT2D eigenvalue weighted by molar-refractivity contribution is 0.0435.